The number of thiophene rings is 1. The molecule has 0 atom stereocenters. The molecule has 3 aromatic heterocycles. The Kier molecular flexibility index (Phi) is 6.55. The summed E-state index contributed by atoms with van der Waals surface area (Å²) in [6.07, 6.45) is 0. The molecule has 4 aromatic rings. The van der Waals surface area contributed by atoms with Crippen LogP contribution in [0.5, 0.6) is 0 Å². The summed E-state index contributed by atoms with van der Waals surface area (Å²) in [6.45, 7) is -0.164. The molecule has 0 bridgehead atoms. The van der Waals surface area contributed by atoms with Gasteiger partial charge in [-0.15, -0.1) is 21.5 Å². The minimum Gasteiger partial charge on any atom is -0.337 e. The minimum absolute atomic E-state index is 0.00855. The van der Waals surface area contributed by atoms with Gasteiger partial charge in [0.2, 0.25) is 21.2 Å². The largest absolute Gasteiger partial charge is 0.337 e. The first-order valence-electron chi connectivity index (χ1n) is 8.67. The molecule has 0 aliphatic carbocycles. The third-order valence-corrected chi connectivity index (χ3v) is 8.40. The van der Waals surface area contributed by atoms with Gasteiger partial charge >= 0.3 is 0 Å². The monoisotopic (exact) mass is 530 g/mol. The van der Waals surface area contributed by atoms with Gasteiger partial charge in [-0.1, -0.05) is 45.8 Å². The molecule has 15 heteroatoms. The normalized spacial score (nSPS) is 11.8. The standard InChI is InChI=1S/C17H12Cl2N6O4S3/c1-25(8-13-20-14(24-29-13)12-3-2-6-30-12)32(27,28)17-23-22-16(31-17)21-15(26)10-5-4-9(18)7-11(10)19/h2-7H,8H2,1H3,(H,21,22,26). The van der Waals surface area contributed by atoms with E-state index in [1.54, 1.807) is 0 Å². The smallest absolute Gasteiger partial charge is 0.272 e. The van der Waals surface area contributed by atoms with E-state index < -0.39 is 15.9 Å². The van der Waals surface area contributed by atoms with Crippen molar-refractivity contribution in [2.75, 3.05) is 12.4 Å². The van der Waals surface area contributed by atoms with Crippen LogP contribution >= 0.6 is 45.9 Å². The predicted molar refractivity (Wildman–Crippen MR) is 121 cm³/mol. The van der Waals surface area contributed by atoms with Crippen molar-refractivity contribution in [1.82, 2.24) is 24.6 Å². The minimum atomic E-state index is -4.02. The third-order valence-electron chi connectivity index (χ3n) is 4.00. The van der Waals surface area contributed by atoms with E-state index in [0.717, 1.165) is 9.18 Å². The summed E-state index contributed by atoms with van der Waals surface area (Å²) >= 11 is 14.0. The van der Waals surface area contributed by atoms with Gasteiger partial charge in [-0.25, -0.2) is 8.42 Å². The molecule has 3 heterocycles. The quantitative estimate of drug-likeness (QED) is 0.354. The van der Waals surface area contributed by atoms with Crippen molar-refractivity contribution >= 4 is 66.9 Å². The number of amides is 1. The Morgan fingerprint density at radius 2 is 2.06 bits per heavy atom. The first-order valence-corrected chi connectivity index (χ1v) is 12.6. The fraction of sp³-hybridized carbons (Fsp3) is 0.118. The lowest BCUT2D eigenvalue weighted by atomic mass is 10.2. The van der Waals surface area contributed by atoms with Crippen LogP contribution in [0.2, 0.25) is 10.0 Å². The number of rotatable bonds is 7. The summed E-state index contributed by atoms with van der Waals surface area (Å²) in [6, 6.07) is 8.05. The Bertz CT molecular complexity index is 1370. The van der Waals surface area contributed by atoms with Gasteiger partial charge < -0.3 is 4.52 Å². The lowest BCUT2D eigenvalue weighted by Crippen LogP contribution is -2.26. The van der Waals surface area contributed by atoms with E-state index in [0.29, 0.717) is 22.2 Å². The average molecular weight is 531 g/mol. The molecule has 1 N–H and O–H groups in total. The van der Waals surface area contributed by atoms with Crippen molar-refractivity contribution in [3.63, 3.8) is 0 Å². The number of aromatic nitrogens is 4. The molecular weight excluding hydrogens is 519 g/mol. The fourth-order valence-corrected chi connectivity index (χ4v) is 5.78. The Labute approximate surface area is 199 Å². The molecule has 0 fully saturated rings. The van der Waals surface area contributed by atoms with Crippen LogP contribution in [0, 0.1) is 0 Å². The zero-order valence-electron chi connectivity index (χ0n) is 16.0. The van der Waals surface area contributed by atoms with Gasteiger partial charge in [0.1, 0.15) is 0 Å². The molecule has 0 saturated carbocycles. The Morgan fingerprint density at radius 1 is 1.25 bits per heavy atom. The highest BCUT2D eigenvalue weighted by molar-refractivity contribution is 7.91. The van der Waals surface area contributed by atoms with Crippen molar-refractivity contribution in [2.24, 2.45) is 0 Å². The van der Waals surface area contributed by atoms with Crippen LogP contribution in [0.1, 0.15) is 16.2 Å². The highest BCUT2D eigenvalue weighted by Gasteiger charge is 2.28. The van der Waals surface area contributed by atoms with E-state index in [2.05, 4.69) is 25.7 Å². The summed E-state index contributed by atoms with van der Waals surface area (Å²) < 4.78 is 31.5. The van der Waals surface area contributed by atoms with Gasteiger partial charge in [-0.2, -0.15) is 9.29 Å². The number of hydrogen-bond acceptors (Lipinski definition) is 10. The molecule has 0 spiro atoms. The molecule has 0 aliphatic heterocycles. The third kappa shape index (κ3) is 4.82. The van der Waals surface area contributed by atoms with Crippen LogP contribution in [0.4, 0.5) is 5.13 Å². The lowest BCUT2D eigenvalue weighted by Gasteiger charge is -2.11. The first kappa shape index (κ1) is 22.8. The van der Waals surface area contributed by atoms with Crippen LogP contribution in [0.3, 0.4) is 0 Å². The number of sulfonamides is 1. The van der Waals surface area contributed by atoms with Gasteiger partial charge in [-0.05, 0) is 29.6 Å². The van der Waals surface area contributed by atoms with E-state index in [4.69, 9.17) is 27.7 Å². The van der Waals surface area contributed by atoms with Crippen LogP contribution in [-0.4, -0.2) is 46.0 Å². The summed E-state index contributed by atoms with van der Waals surface area (Å²) in [4.78, 5) is 17.4. The van der Waals surface area contributed by atoms with Gasteiger partial charge in [-0.3, -0.25) is 10.1 Å². The number of anilines is 1. The summed E-state index contributed by atoms with van der Waals surface area (Å²) in [5, 5.41) is 16.1. The number of carbonyl (C=O) groups is 1. The number of nitrogens with one attached hydrogen (secondary N) is 1. The Hall–Kier alpha value is -2.42. The van der Waals surface area contributed by atoms with Crippen molar-refractivity contribution < 1.29 is 17.7 Å². The molecular formula is C17H12Cl2N6O4S3. The van der Waals surface area contributed by atoms with E-state index >= 15 is 0 Å². The number of benzene rings is 1. The molecule has 32 heavy (non-hydrogen) atoms. The van der Waals surface area contributed by atoms with Gasteiger partial charge in [0, 0.05) is 12.1 Å². The molecule has 0 radical (unpaired) electrons. The number of carbonyl (C=O) groups excluding carboxylic acids is 1. The maximum absolute atomic E-state index is 12.8. The topological polar surface area (TPSA) is 131 Å². The molecule has 166 valence electrons. The predicted octanol–water partition coefficient (Wildman–Crippen LogP) is 4.03. The van der Waals surface area contributed by atoms with E-state index in [9.17, 15) is 13.2 Å². The van der Waals surface area contributed by atoms with Crippen LogP contribution in [-0.2, 0) is 16.6 Å². The van der Waals surface area contributed by atoms with E-state index in [-0.39, 0.29) is 32.5 Å². The zero-order chi connectivity index (χ0) is 22.9. The highest BCUT2D eigenvalue weighted by atomic mass is 35.5. The average Bonchev–Trinajstić information content (AvgIpc) is 3.49. The van der Waals surface area contributed by atoms with Crippen molar-refractivity contribution in [2.45, 2.75) is 10.9 Å². The summed E-state index contributed by atoms with van der Waals surface area (Å²) in [7, 11) is -2.67. The molecule has 0 unspecified atom stereocenters. The van der Waals surface area contributed by atoms with Crippen molar-refractivity contribution in [1.29, 1.82) is 0 Å². The molecule has 0 saturated heterocycles. The second-order valence-corrected chi connectivity index (χ2v) is 11.2. The molecule has 0 aliphatic rings. The number of halogens is 2. The highest BCUT2D eigenvalue weighted by Crippen LogP contribution is 2.27. The second-order valence-electron chi connectivity index (χ2n) is 6.20. The maximum Gasteiger partial charge on any atom is 0.272 e. The van der Waals surface area contributed by atoms with Crippen LogP contribution in [0.25, 0.3) is 10.7 Å². The van der Waals surface area contributed by atoms with Crippen molar-refractivity contribution in [3.05, 3.63) is 57.2 Å². The molecule has 1 amide bonds. The second kappa shape index (κ2) is 9.21. The zero-order valence-corrected chi connectivity index (χ0v) is 20.0. The van der Waals surface area contributed by atoms with Crippen LogP contribution in [0.15, 0.2) is 44.6 Å². The lowest BCUT2D eigenvalue weighted by molar-refractivity contribution is 0.102. The summed E-state index contributed by atoms with van der Waals surface area (Å²) in [5.41, 5.74) is 0.158. The maximum atomic E-state index is 12.8. The van der Waals surface area contributed by atoms with E-state index in [1.165, 1.54) is 36.6 Å². The Morgan fingerprint density at radius 3 is 2.78 bits per heavy atom. The fourth-order valence-electron chi connectivity index (χ4n) is 2.44. The van der Waals surface area contributed by atoms with Gasteiger partial charge in [0.25, 0.3) is 15.9 Å². The molecule has 1 aromatic carbocycles. The number of nitrogens with zero attached hydrogens (tertiary/aromatic N) is 5. The summed E-state index contributed by atoms with van der Waals surface area (Å²) in [5.74, 6) is -0.0791. The Balaban J connectivity index is 1.45. The van der Waals surface area contributed by atoms with Crippen LogP contribution < -0.4 is 5.32 Å². The molecule has 10 nitrogen and oxygen atoms in total. The van der Waals surface area contributed by atoms with Gasteiger partial charge in [0.05, 0.1) is 22.0 Å². The SMILES string of the molecule is CN(Cc1nc(-c2cccs2)no1)S(=O)(=O)c1nnc(NC(=O)c2ccc(Cl)cc2Cl)s1. The van der Waals surface area contributed by atoms with Crippen molar-refractivity contribution in [3.8, 4) is 10.7 Å². The first-order chi connectivity index (χ1) is 15.2. The van der Waals surface area contributed by atoms with E-state index in [1.807, 2.05) is 17.5 Å². The number of hydrogen-bond donors (Lipinski definition) is 1. The van der Waals surface area contributed by atoms with Gasteiger partial charge in [0.15, 0.2) is 0 Å². The molecule has 4 rings (SSSR count).